The Bertz CT molecular complexity index is 1250. The average Bonchev–Trinajstić information content (AvgIpc) is 3.05. The van der Waals surface area contributed by atoms with Gasteiger partial charge in [-0.3, -0.25) is 14.5 Å². The molecule has 200 valence electrons. The lowest BCUT2D eigenvalue weighted by atomic mass is 10.1. The summed E-state index contributed by atoms with van der Waals surface area (Å²) >= 11 is 5.57. The molecule has 1 aromatic heterocycles. The molecule has 1 aromatic carbocycles. The van der Waals surface area contributed by atoms with E-state index >= 15 is 0 Å². The molecule has 4 rings (SSSR count). The van der Waals surface area contributed by atoms with Gasteiger partial charge < -0.3 is 14.5 Å². The second kappa shape index (κ2) is 11.3. The molecule has 2 saturated heterocycles. The molecule has 3 heterocycles. The number of nitrogens with zero attached hydrogens (tertiary/aromatic N) is 5. The van der Waals surface area contributed by atoms with Gasteiger partial charge in [-0.2, -0.15) is 18.4 Å². The number of nitriles is 1. The van der Waals surface area contributed by atoms with Gasteiger partial charge in [0.05, 0.1) is 17.4 Å². The number of alkyl halides is 3. The zero-order valence-electron chi connectivity index (χ0n) is 20.7. The highest BCUT2D eigenvalue weighted by Crippen LogP contribution is 2.35. The van der Waals surface area contributed by atoms with Gasteiger partial charge in [-0.15, -0.1) is 0 Å². The SMILES string of the molecule is CCC(=O)N1CCC(Oc2ccc(N3CCCC(=O)N(c4cnc(C#N)c(C(F)(F)F)c4)C3=S)cc2)CC1. The van der Waals surface area contributed by atoms with Crippen molar-refractivity contribution in [1.29, 1.82) is 5.26 Å². The van der Waals surface area contributed by atoms with Crippen LogP contribution in [0, 0.1) is 11.3 Å². The number of thiocarbonyl (C=S) groups is 1. The summed E-state index contributed by atoms with van der Waals surface area (Å²) in [6, 6.07) is 9.30. The first-order valence-corrected chi connectivity index (χ1v) is 12.7. The molecule has 0 aliphatic carbocycles. The molecular formula is C26H26F3N5O3S. The van der Waals surface area contributed by atoms with Crippen molar-refractivity contribution < 1.29 is 27.5 Å². The molecule has 2 aliphatic rings. The van der Waals surface area contributed by atoms with E-state index in [4.69, 9.17) is 22.2 Å². The van der Waals surface area contributed by atoms with Crippen molar-refractivity contribution in [3.63, 3.8) is 0 Å². The third-order valence-corrected chi connectivity index (χ3v) is 6.94. The zero-order chi connectivity index (χ0) is 27.4. The maximum atomic E-state index is 13.5. The van der Waals surface area contributed by atoms with Gasteiger partial charge in [-0.1, -0.05) is 6.92 Å². The molecule has 0 unspecified atom stereocenters. The van der Waals surface area contributed by atoms with E-state index in [-0.39, 0.29) is 29.2 Å². The minimum absolute atomic E-state index is 0.0131. The van der Waals surface area contributed by atoms with Gasteiger partial charge in [0, 0.05) is 51.0 Å². The molecule has 2 amide bonds. The summed E-state index contributed by atoms with van der Waals surface area (Å²) in [6.07, 6.45) is -1.30. The molecule has 0 bridgehead atoms. The van der Waals surface area contributed by atoms with E-state index in [2.05, 4.69) is 4.98 Å². The van der Waals surface area contributed by atoms with Crippen LogP contribution < -0.4 is 14.5 Å². The fraction of sp³-hybridized carbons (Fsp3) is 0.423. The highest BCUT2D eigenvalue weighted by atomic mass is 32.1. The average molecular weight is 546 g/mol. The maximum Gasteiger partial charge on any atom is 0.419 e. The standard InChI is InChI=1S/C26H26F3N5O3S/c1-2-23(35)32-12-9-20(10-13-32)37-19-7-5-17(6-8-19)33-11-3-4-24(36)34(25(33)38)18-14-21(26(27,28)29)22(15-30)31-16-18/h5-8,14,16,20H,2-4,9-13H2,1H3. The number of amides is 2. The summed E-state index contributed by atoms with van der Waals surface area (Å²) in [7, 11) is 0. The van der Waals surface area contributed by atoms with Gasteiger partial charge in [-0.05, 0) is 49.0 Å². The van der Waals surface area contributed by atoms with Crippen molar-refractivity contribution in [2.75, 3.05) is 29.4 Å². The van der Waals surface area contributed by atoms with E-state index in [0.29, 0.717) is 43.9 Å². The highest BCUT2D eigenvalue weighted by Gasteiger charge is 2.37. The van der Waals surface area contributed by atoms with Crippen LogP contribution in [0.15, 0.2) is 36.5 Å². The molecule has 0 radical (unpaired) electrons. The van der Waals surface area contributed by atoms with Crippen LogP contribution >= 0.6 is 12.2 Å². The molecular weight excluding hydrogens is 519 g/mol. The number of carbonyl (C=O) groups excluding carboxylic acids is 2. The van der Waals surface area contributed by atoms with Crippen LogP contribution in [0.5, 0.6) is 5.75 Å². The van der Waals surface area contributed by atoms with Crippen LogP contribution in [0.3, 0.4) is 0 Å². The van der Waals surface area contributed by atoms with E-state index in [1.165, 1.54) is 6.07 Å². The number of piperidine rings is 1. The largest absolute Gasteiger partial charge is 0.490 e. The monoisotopic (exact) mass is 545 g/mol. The van der Waals surface area contributed by atoms with Crippen molar-refractivity contribution >= 4 is 40.5 Å². The number of hydrogen-bond acceptors (Lipinski definition) is 6. The number of pyridine rings is 1. The molecule has 0 N–H and O–H groups in total. The Morgan fingerprint density at radius 2 is 1.87 bits per heavy atom. The predicted molar refractivity (Wildman–Crippen MR) is 138 cm³/mol. The predicted octanol–water partition coefficient (Wildman–Crippen LogP) is 4.67. The van der Waals surface area contributed by atoms with Crippen molar-refractivity contribution in [2.24, 2.45) is 0 Å². The summed E-state index contributed by atoms with van der Waals surface area (Å²) in [5.41, 5.74) is -1.49. The molecule has 2 aliphatic heterocycles. The van der Waals surface area contributed by atoms with Crippen molar-refractivity contribution in [3.8, 4) is 11.8 Å². The van der Waals surface area contributed by atoms with Gasteiger partial charge >= 0.3 is 6.18 Å². The second-order valence-corrected chi connectivity index (χ2v) is 9.38. The Morgan fingerprint density at radius 3 is 2.47 bits per heavy atom. The lowest BCUT2D eigenvalue weighted by Crippen LogP contribution is -2.44. The van der Waals surface area contributed by atoms with E-state index in [1.54, 1.807) is 29.2 Å². The number of rotatable bonds is 5. The van der Waals surface area contributed by atoms with Crippen molar-refractivity contribution in [2.45, 2.75) is 51.3 Å². The number of halogens is 3. The summed E-state index contributed by atoms with van der Waals surface area (Å²) in [4.78, 5) is 32.9. The first kappa shape index (κ1) is 27.3. The number of hydrogen-bond donors (Lipinski definition) is 0. The van der Waals surface area contributed by atoms with E-state index < -0.39 is 23.3 Å². The normalized spacial score (nSPS) is 17.3. The number of benzene rings is 1. The molecule has 2 aromatic rings. The quantitative estimate of drug-likeness (QED) is 0.505. The minimum atomic E-state index is -4.82. The van der Waals surface area contributed by atoms with Crippen LogP contribution in [0.2, 0.25) is 0 Å². The first-order valence-electron chi connectivity index (χ1n) is 12.3. The highest BCUT2D eigenvalue weighted by molar-refractivity contribution is 7.81. The van der Waals surface area contributed by atoms with E-state index in [0.717, 1.165) is 30.0 Å². The van der Waals surface area contributed by atoms with E-state index in [1.807, 2.05) is 11.8 Å². The van der Waals surface area contributed by atoms with Crippen LogP contribution in [0.4, 0.5) is 24.5 Å². The Morgan fingerprint density at radius 1 is 1.18 bits per heavy atom. The topological polar surface area (TPSA) is 89.8 Å². The van der Waals surface area contributed by atoms with Crippen LogP contribution in [-0.4, -0.2) is 52.5 Å². The number of likely N-dealkylation sites (tertiary alicyclic amines) is 1. The zero-order valence-corrected chi connectivity index (χ0v) is 21.5. The van der Waals surface area contributed by atoms with Gasteiger partial charge in [0.25, 0.3) is 0 Å². The molecule has 0 spiro atoms. The Kier molecular flexibility index (Phi) is 8.16. The first-order chi connectivity index (χ1) is 18.1. The van der Waals surface area contributed by atoms with Crippen LogP contribution in [-0.2, 0) is 15.8 Å². The van der Waals surface area contributed by atoms with Crippen LogP contribution in [0.1, 0.15) is 50.3 Å². The molecule has 12 heteroatoms. The van der Waals surface area contributed by atoms with Crippen molar-refractivity contribution in [3.05, 3.63) is 47.8 Å². The number of carbonyl (C=O) groups is 2. The van der Waals surface area contributed by atoms with Crippen LogP contribution in [0.25, 0.3) is 0 Å². The lowest BCUT2D eigenvalue weighted by Gasteiger charge is -2.32. The molecule has 0 atom stereocenters. The fourth-order valence-electron chi connectivity index (χ4n) is 4.54. The van der Waals surface area contributed by atoms with Gasteiger partial charge in [-0.25, -0.2) is 4.98 Å². The van der Waals surface area contributed by atoms with Crippen molar-refractivity contribution in [1.82, 2.24) is 9.88 Å². The minimum Gasteiger partial charge on any atom is -0.490 e. The number of anilines is 2. The maximum absolute atomic E-state index is 13.5. The summed E-state index contributed by atoms with van der Waals surface area (Å²) in [6.45, 7) is 3.54. The molecule has 38 heavy (non-hydrogen) atoms. The molecule has 0 saturated carbocycles. The Balaban J connectivity index is 1.51. The second-order valence-electron chi connectivity index (χ2n) is 9.01. The lowest BCUT2D eigenvalue weighted by molar-refractivity contribution is -0.138. The molecule has 8 nitrogen and oxygen atoms in total. The summed E-state index contributed by atoms with van der Waals surface area (Å²) < 4.78 is 46.6. The summed E-state index contributed by atoms with van der Waals surface area (Å²) in [5.74, 6) is 0.332. The van der Waals surface area contributed by atoms with Gasteiger partial charge in [0.15, 0.2) is 10.8 Å². The summed E-state index contributed by atoms with van der Waals surface area (Å²) in [5, 5.41) is 9.06. The smallest absolute Gasteiger partial charge is 0.419 e. The third-order valence-electron chi connectivity index (χ3n) is 6.54. The number of aromatic nitrogens is 1. The fourth-order valence-corrected chi connectivity index (χ4v) is 4.95. The number of ether oxygens (including phenoxy) is 1. The Labute approximate surface area is 223 Å². The van der Waals surface area contributed by atoms with E-state index in [9.17, 15) is 22.8 Å². The van der Waals surface area contributed by atoms with Gasteiger partial charge in [0.2, 0.25) is 11.8 Å². The van der Waals surface area contributed by atoms with Gasteiger partial charge in [0.1, 0.15) is 17.9 Å². The molecule has 2 fully saturated rings. The third kappa shape index (κ3) is 5.88. The Hall–Kier alpha value is -3.72.